The molecule has 0 spiro atoms. The molecule has 0 radical (unpaired) electrons. The van der Waals surface area contributed by atoms with E-state index in [1.165, 1.54) is 0 Å². The van der Waals surface area contributed by atoms with Crippen molar-refractivity contribution in [1.29, 1.82) is 0 Å². The van der Waals surface area contributed by atoms with Crippen molar-refractivity contribution in [3.05, 3.63) is 0 Å². The zero-order chi connectivity index (χ0) is 8.36. The number of nitrogens with zero attached hydrogens (tertiary/aromatic N) is 1. The third kappa shape index (κ3) is 2.05. The molecule has 58 valence electrons. The molecule has 0 saturated heterocycles. The fourth-order valence-electron chi connectivity index (χ4n) is 0.569. The third-order valence-corrected chi connectivity index (χ3v) is 1.04. The Morgan fingerprint density at radius 3 is 1.90 bits per heavy atom. The first kappa shape index (κ1) is 8.94. The minimum absolute atomic E-state index is 0.00694. The van der Waals surface area contributed by atoms with E-state index in [1.807, 2.05) is 0 Å². The Balaban J connectivity index is 4.56. The summed E-state index contributed by atoms with van der Waals surface area (Å²) in [6, 6.07) is 0. The second-order valence-electron chi connectivity index (χ2n) is 3.06. The molecular weight excluding hydrogens is 132 g/mol. The molecule has 3 N–H and O–H groups in total. The van der Waals surface area contributed by atoms with Crippen molar-refractivity contribution >= 4 is 11.6 Å². The van der Waals surface area contributed by atoms with Crippen LogP contribution < -0.4 is 5.73 Å². The Morgan fingerprint density at radius 2 is 1.90 bits per heavy atom. The molecule has 4 nitrogen and oxygen atoms in total. The van der Waals surface area contributed by atoms with Crippen LogP contribution in [0.15, 0.2) is 5.16 Å². The maximum atomic E-state index is 10.5. The largest absolute Gasteiger partial charge is 0.410 e. The maximum Gasteiger partial charge on any atom is 0.267 e. The zero-order valence-corrected chi connectivity index (χ0v) is 6.38. The minimum Gasteiger partial charge on any atom is -0.410 e. The highest BCUT2D eigenvalue weighted by Crippen LogP contribution is 2.14. The second-order valence-corrected chi connectivity index (χ2v) is 3.06. The molecule has 0 atom stereocenters. The Morgan fingerprint density at radius 1 is 1.50 bits per heavy atom. The fourth-order valence-corrected chi connectivity index (χ4v) is 0.569. The molecule has 0 aliphatic heterocycles. The van der Waals surface area contributed by atoms with Gasteiger partial charge in [-0.1, -0.05) is 25.9 Å². The van der Waals surface area contributed by atoms with Crippen LogP contribution >= 0.6 is 0 Å². The Kier molecular flexibility index (Phi) is 2.40. The van der Waals surface area contributed by atoms with Crippen LogP contribution in [0, 0.1) is 5.41 Å². The van der Waals surface area contributed by atoms with Gasteiger partial charge in [-0.3, -0.25) is 4.79 Å². The number of amides is 1. The summed E-state index contributed by atoms with van der Waals surface area (Å²) in [5.74, 6) is -0.685. The van der Waals surface area contributed by atoms with Crippen molar-refractivity contribution in [3.63, 3.8) is 0 Å². The van der Waals surface area contributed by atoms with E-state index in [2.05, 4.69) is 5.16 Å². The van der Waals surface area contributed by atoms with E-state index in [1.54, 1.807) is 20.8 Å². The summed E-state index contributed by atoms with van der Waals surface area (Å²) in [6.45, 7) is 5.23. The van der Waals surface area contributed by atoms with E-state index in [9.17, 15) is 4.79 Å². The number of carbonyl (C=O) groups is 1. The summed E-state index contributed by atoms with van der Waals surface area (Å²) in [5.41, 5.74) is 4.41. The molecule has 0 unspecified atom stereocenters. The van der Waals surface area contributed by atoms with Gasteiger partial charge in [0.05, 0.1) is 0 Å². The predicted molar refractivity (Wildman–Crippen MR) is 37.9 cm³/mol. The summed E-state index contributed by atoms with van der Waals surface area (Å²) in [5, 5.41) is 11.1. The van der Waals surface area contributed by atoms with Gasteiger partial charge in [-0.25, -0.2) is 0 Å². The zero-order valence-electron chi connectivity index (χ0n) is 6.38. The molecule has 0 aromatic rings. The molecule has 10 heavy (non-hydrogen) atoms. The lowest BCUT2D eigenvalue weighted by molar-refractivity contribution is -0.112. The highest BCUT2D eigenvalue weighted by molar-refractivity contribution is 6.39. The number of nitrogens with two attached hydrogens (primary N) is 1. The predicted octanol–water partition coefficient (Wildman–Crippen LogP) is 0.348. The average Bonchev–Trinajstić information content (AvgIpc) is 1.60. The van der Waals surface area contributed by atoms with Crippen molar-refractivity contribution in [3.8, 4) is 0 Å². The van der Waals surface area contributed by atoms with Gasteiger partial charge >= 0.3 is 0 Å². The van der Waals surface area contributed by atoms with Gasteiger partial charge in [0, 0.05) is 5.41 Å². The van der Waals surface area contributed by atoms with E-state index >= 15 is 0 Å². The molecule has 0 aromatic heterocycles. The van der Waals surface area contributed by atoms with Crippen LogP contribution in [0.25, 0.3) is 0 Å². The van der Waals surface area contributed by atoms with Crippen LogP contribution in [0.5, 0.6) is 0 Å². The molecule has 0 saturated carbocycles. The molecule has 0 aliphatic rings. The average molecular weight is 144 g/mol. The van der Waals surface area contributed by atoms with Crippen molar-refractivity contribution in [2.24, 2.45) is 16.3 Å². The molecule has 0 aliphatic carbocycles. The smallest absolute Gasteiger partial charge is 0.267 e. The third-order valence-electron chi connectivity index (χ3n) is 1.04. The molecular formula is C6H12N2O2. The van der Waals surface area contributed by atoms with Crippen LogP contribution in [0.3, 0.4) is 0 Å². The monoisotopic (exact) mass is 144 g/mol. The lowest BCUT2D eigenvalue weighted by Gasteiger charge is -2.15. The lowest BCUT2D eigenvalue weighted by Crippen LogP contribution is -2.34. The van der Waals surface area contributed by atoms with Crippen LogP contribution in [-0.2, 0) is 4.79 Å². The summed E-state index contributed by atoms with van der Waals surface area (Å²) in [6.07, 6.45) is 0. The van der Waals surface area contributed by atoms with Gasteiger partial charge in [0.2, 0.25) is 0 Å². The number of oxime groups is 1. The van der Waals surface area contributed by atoms with Crippen LogP contribution in [0.2, 0.25) is 0 Å². The molecule has 0 bridgehead atoms. The number of carbonyl (C=O) groups excluding carboxylic acids is 1. The quantitative estimate of drug-likeness (QED) is 0.316. The highest BCUT2D eigenvalue weighted by Gasteiger charge is 2.24. The van der Waals surface area contributed by atoms with Crippen molar-refractivity contribution in [2.45, 2.75) is 20.8 Å². The summed E-state index contributed by atoms with van der Waals surface area (Å²) < 4.78 is 0. The summed E-state index contributed by atoms with van der Waals surface area (Å²) in [7, 11) is 0. The van der Waals surface area contributed by atoms with Gasteiger partial charge in [0.25, 0.3) is 5.91 Å². The van der Waals surface area contributed by atoms with E-state index in [0.717, 1.165) is 0 Å². The van der Waals surface area contributed by atoms with E-state index in [4.69, 9.17) is 10.9 Å². The SMILES string of the molecule is CC(C)(C)/C(=N/O)C(N)=O. The topological polar surface area (TPSA) is 75.7 Å². The lowest BCUT2D eigenvalue weighted by atomic mass is 9.90. The molecule has 0 rings (SSSR count). The molecule has 4 heteroatoms. The highest BCUT2D eigenvalue weighted by atomic mass is 16.4. The molecule has 0 aromatic carbocycles. The van der Waals surface area contributed by atoms with Crippen molar-refractivity contribution < 1.29 is 10.0 Å². The van der Waals surface area contributed by atoms with Gasteiger partial charge < -0.3 is 10.9 Å². The van der Waals surface area contributed by atoms with E-state index in [-0.39, 0.29) is 5.71 Å². The van der Waals surface area contributed by atoms with Gasteiger partial charge in [-0.2, -0.15) is 0 Å². The van der Waals surface area contributed by atoms with Gasteiger partial charge in [-0.05, 0) is 0 Å². The maximum absolute atomic E-state index is 10.5. The minimum atomic E-state index is -0.685. The van der Waals surface area contributed by atoms with E-state index in [0.29, 0.717) is 0 Å². The first-order valence-electron chi connectivity index (χ1n) is 2.92. The number of hydrogen-bond donors (Lipinski definition) is 2. The Hall–Kier alpha value is -1.06. The Labute approximate surface area is 59.7 Å². The van der Waals surface area contributed by atoms with Crippen molar-refractivity contribution in [2.75, 3.05) is 0 Å². The Bertz CT molecular complexity index is 167. The number of primary amides is 1. The summed E-state index contributed by atoms with van der Waals surface area (Å²) >= 11 is 0. The fraction of sp³-hybridized carbons (Fsp3) is 0.667. The van der Waals surface area contributed by atoms with Gasteiger partial charge in [0.15, 0.2) is 0 Å². The van der Waals surface area contributed by atoms with Crippen LogP contribution in [0.1, 0.15) is 20.8 Å². The molecule has 0 heterocycles. The van der Waals surface area contributed by atoms with Gasteiger partial charge in [0.1, 0.15) is 5.71 Å². The van der Waals surface area contributed by atoms with Crippen LogP contribution in [0.4, 0.5) is 0 Å². The van der Waals surface area contributed by atoms with Gasteiger partial charge in [-0.15, -0.1) is 0 Å². The van der Waals surface area contributed by atoms with Crippen LogP contribution in [-0.4, -0.2) is 16.8 Å². The number of hydrogen-bond acceptors (Lipinski definition) is 3. The first-order chi connectivity index (χ1) is 4.39. The molecule has 0 fully saturated rings. The number of rotatable bonds is 1. The summed E-state index contributed by atoms with van der Waals surface area (Å²) in [4.78, 5) is 10.5. The van der Waals surface area contributed by atoms with E-state index < -0.39 is 11.3 Å². The second kappa shape index (κ2) is 2.68. The standard InChI is InChI=1S/C6H12N2O2/c1-6(2,3)4(8-10)5(7)9/h10H,1-3H3,(H2,7,9)/b8-4+. The molecule has 1 amide bonds. The van der Waals surface area contributed by atoms with Crippen molar-refractivity contribution in [1.82, 2.24) is 0 Å². The normalized spacial score (nSPS) is 13.3. The first-order valence-corrected chi connectivity index (χ1v) is 2.92.